The molecule has 1 aliphatic heterocycles. The van der Waals surface area contributed by atoms with Crippen LogP contribution in [0.4, 0.5) is 22.7 Å². The Labute approximate surface area is 359 Å². The van der Waals surface area contributed by atoms with Crippen LogP contribution >= 0.6 is 0 Å². The third kappa shape index (κ3) is 6.29. The molecule has 1 atom stereocenters. The molecule has 11 aromatic rings. The summed E-state index contributed by atoms with van der Waals surface area (Å²) in [7, 11) is 0. The molecule has 1 N–H and O–H groups in total. The molecule has 0 bridgehead atoms. The first kappa shape index (κ1) is 35.7. The minimum atomic E-state index is -0.200. The predicted molar refractivity (Wildman–Crippen MR) is 258 cm³/mol. The van der Waals surface area contributed by atoms with E-state index < -0.39 is 0 Å². The smallest absolute Gasteiger partial charge is 0.136 e. The van der Waals surface area contributed by atoms with E-state index in [2.05, 4.69) is 235 Å². The van der Waals surface area contributed by atoms with Gasteiger partial charge in [0, 0.05) is 39.0 Å². The number of benzene rings is 10. The number of hydrogen-bond acceptors (Lipinski definition) is 4. The van der Waals surface area contributed by atoms with E-state index in [4.69, 9.17) is 9.41 Å². The van der Waals surface area contributed by atoms with Crippen LogP contribution < -0.4 is 10.2 Å². The lowest BCUT2D eigenvalue weighted by Crippen LogP contribution is -2.33. The Morgan fingerprint density at radius 3 is 1.65 bits per heavy atom. The number of amidine groups is 1. The van der Waals surface area contributed by atoms with Gasteiger partial charge >= 0.3 is 0 Å². The highest BCUT2D eigenvalue weighted by Crippen LogP contribution is 2.44. The van der Waals surface area contributed by atoms with Crippen molar-refractivity contribution >= 4 is 72.1 Å². The summed E-state index contributed by atoms with van der Waals surface area (Å²) in [6.45, 7) is 0. The van der Waals surface area contributed by atoms with E-state index >= 15 is 0 Å². The van der Waals surface area contributed by atoms with Crippen molar-refractivity contribution in [3.63, 3.8) is 0 Å². The number of hydrogen-bond donors (Lipinski definition) is 1. The maximum Gasteiger partial charge on any atom is 0.136 e. The molecule has 1 unspecified atom stereocenters. The largest absolute Gasteiger partial charge is 0.456 e. The maximum atomic E-state index is 6.75. The molecule has 0 spiro atoms. The summed E-state index contributed by atoms with van der Waals surface area (Å²) in [4.78, 5) is 7.61. The van der Waals surface area contributed by atoms with Gasteiger partial charge in [0.25, 0.3) is 0 Å². The van der Waals surface area contributed by atoms with Crippen molar-refractivity contribution in [2.75, 3.05) is 4.90 Å². The minimum Gasteiger partial charge on any atom is -0.456 e. The van der Waals surface area contributed by atoms with Gasteiger partial charge in [-0.2, -0.15) is 0 Å². The quantitative estimate of drug-likeness (QED) is 0.175. The highest BCUT2D eigenvalue weighted by atomic mass is 16.3. The number of furan rings is 1. The summed E-state index contributed by atoms with van der Waals surface area (Å²) in [6.07, 6.45) is 0. The lowest BCUT2D eigenvalue weighted by atomic mass is 9.89. The summed E-state index contributed by atoms with van der Waals surface area (Å²) in [6, 6.07) is 79.7. The van der Waals surface area contributed by atoms with Crippen LogP contribution in [-0.4, -0.2) is 5.84 Å². The molecular formula is C58H39N3O. The highest BCUT2D eigenvalue weighted by molar-refractivity contribution is 6.13. The average Bonchev–Trinajstić information content (AvgIpc) is 3.71. The summed E-state index contributed by atoms with van der Waals surface area (Å²) in [5.41, 5.74) is 13.8. The Morgan fingerprint density at radius 1 is 0.387 bits per heavy atom. The number of para-hydroxylation sites is 1. The third-order valence-corrected chi connectivity index (χ3v) is 12.3. The van der Waals surface area contributed by atoms with E-state index in [-0.39, 0.29) is 6.04 Å². The molecule has 0 radical (unpaired) electrons. The van der Waals surface area contributed by atoms with Crippen molar-refractivity contribution in [3.05, 3.63) is 241 Å². The summed E-state index contributed by atoms with van der Waals surface area (Å²) >= 11 is 0. The minimum absolute atomic E-state index is 0.200. The first-order valence-corrected chi connectivity index (χ1v) is 21.1. The molecule has 2 heterocycles. The van der Waals surface area contributed by atoms with Crippen LogP contribution in [0.3, 0.4) is 0 Å². The van der Waals surface area contributed by atoms with Crippen molar-refractivity contribution in [1.82, 2.24) is 5.32 Å². The van der Waals surface area contributed by atoms with Crippen molar-refractivity contribution in [2.45, 2.75) is 6.04 Å². The number of nitrogens with one attached hydrogen (secondary N) is 1. The molecule has 0 saturated heterocycles. The van der Waals surface area contributed by atoms with E-state index in [9.17, 15) is 0 Å². The van der Waals surface area contributed by atoms with E-state index in [1.807, 2.05) is 0 Å². The second kappa shape index (κ2) is 14.8. The fourth-order valence-electron chi connectivity index (χ4n) is 9.21. The predicted octanol–water partition coefficient (Wildman–Crippen LogP) is 15.5. The molecule has 10 aromatic carbocycles. The standard InChI is InChI=1S/C58H39N3O/c1-3-13-38(14-4-1)41-23-28-47(29-24-41)61(49-32-25-40-17-7-8-18-43(40)33-49)48-30-26-42(27-31-48)58-59-53-22-12-11-21-50(53)57(60-58)52-35-46(39-15-5-2-6-16-39)37-55-56(52)51-34-44-19-9-10-20-45(44)36-54(51)62-55/h1-37,57H,(H,59,60). The van der Waals surface area contributed by atoms with Crippen LogP contribution in [0.15, 0.2) is 234 Å². The lowest BCUT2D eigenvalue weighted by Gasteiger charge is -2.29. The molecule has 0 saturated carbocycles. The lowest BCUT2D eigenvalue weighted by molar-refractivity contribution is 0.668. The normalized spacial score (nSPS) is 13.5. The molecule has 62 heavy (non-hydrogen) atoms. The zero-order valence-electron chi connectivity index (χ0n) is 33.7. The molecule has 4 heteroatoms. The van der Waals surface area contributed by atoms with Gasteiger partial charge in [-0.15, -0.1) is 0 Å². The van der Waals surface area contributed by atoms with Crippen LogP contribution in [0.1, 0.15) is 22.7 Å². The van der Waals surface area contributed by atoms with Crippen LogP contribution in [0.5, 0.6) is 0 Å². The van der Waals surface area contributed by atoms with E-state index in [0.29, 0.717) is 0 Å². The molecular weight excluding hydrogens is 755 g/mol. The van der Waals surface area contributed by atoms with Gasteiger partial charge in [-0.25, -0.2) is 4.99 Å². The maximum absolute atomic E-state index is 6.75. The molecule has 12 rings (SSSR count). The second-order valence-corrected chi connectivity index (χ2v) is 16.0. The zero-order chi connectivity index (χ0) is 41.0. The first-order chi connectivity index (χ1) is 30.7. The van der Waals surface area contributed by atoms with Gasteiger partial charge in [0.2, 0.25) is 0 Å². The first-order valence-electron chi connectivity index (χ1n) is 21.1. The number of nitrogens with zero attached hydrogens (tertiary/aromatic N) is 2. The number of anilines is 3. The fourth-order valence-corrected chi connectivity index (χ4v) is 9.21. The van der Waals surface area contributed by atoms with Crippen LogP contribution in [0.2, 0.25) is 0 Å². The molecule has 0 aliphatic carbocycles. The average molecular weight is 794 g/mol. The second-order valence-electron chi connectivity index (χ2n) is 16.0. The number of rotatable bonds is 7. The van der Waals surface area contributed by atoms with Crippen molar-refractivity contribution in [2.24, 2.45) is 4.99 Å². The molecule has 292 valence electrons. The summed E-state index contributed by atoms with van der Waals surface area (Å²) < 4.78 is 6.75. The Hall–Kier alpha value is -8.21. The highest BCUT2D eigenvalue weighted by Gasteiger charge is 2.28. The van der Waals surface area contributed by atoms with Crippen LogP contribution in [0.25, 0.3) is 65.7 Å². The number of fused-ring (bicyclic) bond motifs is 6. The van der Waals surface area contributed by atoms with Gasteiger partial charge in [-0.3, -0.25) is 0 Å². The SMILES string of the molecule is c1ccc(-c2ccc(N(c3ccc(C4=Nc5ccccc5C(c5cc(-c6ccccc6)cc6oc7cc8ccccc8cc7c56)N4)cc3)c3ccc4ccccc4c3)cc2)cc1. The third-order valence-electron chi connectivity index (χ3n) is 12.3. The van der Waals surface area contributed by atoms with E-state index in [1.165, 1.54) is 27.3 Å². The molecule has 4 nitrogen and oxygen atoms in total. The Kier molecular flexibility index (Phi) is 8.53. The Bertz CT molecular complexity index is 3480. The van der Waals surface area contributed by atoms with Gasteiger partial charge in [-0.05, 0) is 128 Å². The summed E-state index contributed by atoms with van der Waals surface area (Å²) in [5, 5.41) is 10.9. The zero-order valence-corrected chi connectivity index (χ0v) is 33.7. The topological polar surface area (TPSA) is 40.8 Å². The van der Waals surface area contributed by atoms with Crippen molar-refractivity contribution < 1.29 is 4.42 Å². The van der Waals surface area contributed by atoms with Crippen LogP contribution in [0, 0.1) is 0 Å². The van der Waals surface area contributed by atoms with E-state index in [1.54, 1.807) is 0 Å². The Balaban J connectivity index is 0.968. The van der Waals surface area contributed by atoms with Gasteiger partial charge in [-0.1, -0.05) is 146 Å². The Morgan fingerprint density at radius 2 is 0.935 bits per heavy atom. The van der Waals surface area contributed by atoms with Crippen molar-refractivity contribution in [3.8, 4) is 22.3 Å². The molecule has 1 aliphatic rings. The van der Waals surface area contributed by atoms with Gasteiger partial charge in [0.15, 0.2) is 0 Å². The summed E-state index contributed by atoms with van der Waals surface area (Å²) in [5.74, 6) is 0.821. The van der Waals surface area contributed by atoms with Gasteiger partial charge in [0.1, 0.15) is 17.0 Å². The molecule has 0 fully saturated rings. The fraction of sp³-hybridized carbons (Fsp3) is 0.0172. The van der Waals surface area contributed by atoms with Crippen LogP contribution in [-0.2, 0) is 0 Å². The number of aliphatic imine (C=N–C) groups is 1. The van der Waals surface area contributed by atoms with Gasteiger partial charge in [0.05, 0.1) is 11.7 Å². The van der Waals surface area contributed by atoms with Gasteiger partial charge < -0.3 is 14.6 Å². The van der Waals surface area contributed by atoms with E-state index in [0.717, 1.165) is 83.7 Å². The molecule has 1 aromatic heterocycles. The molecule has 0 amide bonds. The monoisotopic (exact) mass is 793 g/mol. The van der Waals surface area contributed by atoms with Crippen molar-refractivity contribution in [1.29, 1.82) is 0 Å².